The molecule has 2 rings (SSSR count). The van der Waals surface area contributed by atoms with Crippen LogP contribution in [0.25, 0.3) is 0 Å². The van der Waals surface area contributed by atoms with E-state index in [0.29, 0.717) is 12.8 Å². The van der Waals surface area contributed by atoms with Gasteiger partial charge in [0.05, 0.1) is 0 Å². The summed E-state index contributed by atoms with van der Waals surface area (Å²) in [5.74, 6) is -0.493. The molecule has 0 N–H and O–H groups in total. The molecule has 0 atom stereocenters. The molecule has 0 radical (unpaired) electrons. The third kappa shape index (κ3) is 1.68. The molecular weight excluding hydrogens is 334 g/mol. The SMILES string of the molecule is O=S(=O)(OI)C1(c2ccccc2F)CC1. The summed E-state index contributed by atoms with van der Waals surface area (Å²) in [7, 11) is -3.72. The minimum Gasteiger partial charge on any atom is -0.207 e. The molecule has 1 saturated carbocycles. The summed E-state index contributed by atoms with van der Waals surface area (Å²) in [5.41, 5.74) is 0.210. The minimum absolute atomic E-state index is 0.210. The van der Waals surface area contributed by atoms with E-state index in [1.807, 2.05) is 0 Å². The first kappa shape index (κ1) is 11.3. The van der Waals surface area contributed by atoms with E-state index in [2.05, 4.69) is 2.51 Å². The van der Waals surface area contributed by atoms with E-state index in [9.17, 15) is 12.8 Å². The molecule has 0 heterocycles. The number of rotatable bonds is 3. The van der Waals surface area contributed by atoms with Gasteiger partial charge >= 0.3 is 0 Å². The van der Waals surface area contributed by atoms with Gasteiger partial charge in [-0.25, -0.2) is 4.39 Å². The second-order valence-corrected chi connectivity index (χ2v) is 6.39. The average Bonchev–Trinajstić information content (AvgIpc) is 3.00. The molecule has 1 aromatic rings. The topological polar surface area (TPSA) is 43.4 Å². The molecule has 1 aromatic carbocycles. The summed E-state index contributed by atoms with van der Waals surface area (Å²) in [6.07, 6.45) is 0.832. The molecule has 15 heavy (non-hydrogen) atoms. The maximum Gasteiger partial charge on any atom is 0.286 e. The van der Waals surface area contributed by atoms with Crippen molar-refractivity contribution in [1.82, 2.24) is 0 Å². The molecule has 6 heteroatoms. The Hall–Kier alpha value is -0.210. The van der Waals surface area contributed by atoms with Crippen molar-refractivity contribution in [3.05, 3.63) is 35.6 Å². The van der Waals surface area contributed by atoms with Crippen molar-refractivity contribution >= 4 is 33.1 Å². The lowest BCUT2D eigenvalue weighted by Crippen LogP contribution is -2.21. The number of hydrogen-bond donors (Lipinski definition) is 0. The highest BCUT2D eigenvalue weighted by molar-refractivity contribution is 14.1. The van der Waals surface area contributed by atoms with Gasteiger partial charge in [0, 0.05) is 5.56 Å². The molecule has 0 bridgehead atoms. The highest BCUT2D eigenvalue weighted by atomic mass is 127. The van der Waals surface area contributed by atoms with Crippen LogP contribution < -0.4 is 0 Å². The highest BCUT2D eigenvalue weighted by Crippen LogP contribution is 2.54. The van der Waals surface area contributed by atoms with E-state index >= 15 is 0 Å². The Kier molecular flexibility index (Phi) is 2.76. The smallest absolute Gasteiger partial charge is 0.207 e. The second kappa shape index (κ2) is 3.67. The maximum absolute atomic E-state index is 13.5. The Bertz CT molecular complexity index is 482. The van der Waals surface area contributed by atoms with Crippen molar-refractivity contribution in [2.24, 2.45) is 0 Å². The molecule has 1 aliphatic rings. The predicted octanol–water partition coefficient (Wildman–Crippen LogP) is 2.51. The lowest BCUT2D eigenvalue weighted by molar-refractivity contribution is 0.510. The second-order valence-electron chi connectivity index (χ2n) is 3.49. The molecule has 0 saturated heterocycles. The molecular formula is C9H8FIO3S. The van der Waals surface area contributed by atoms with E-state index in [1.165, 1.54) is 41.2 Å². The molecule has 82 valence electrons. The van der Waals surface area contributed by atoms with Gasteiger partial charge in [0.2, 0.25) is 0 Å². The van der Waals surface area contributed by atoms with Crippen LogP contribution in [0.4, 0.5) is 4.39 Å². The Labute approximate surface area is 101 Å². The molecule has 1 aliphatic carbocycles. The van der Waals surface area contributed by atoms with Gasteiger partial charge < -0.3 is 0 Å². The van der Waals surface area contributed by atoms with Gasteiger partial charge in [-0.3, -0.25) is 0 Å². The van der Waals surface area contributed by atoms with Gasteiger partial charge in [0.1, 0.15) is 33.6 Å². The van der Waals surface area contributed by atoms with Gasteiger partial charge in [-0.1, -0.05) is 18.2 Å². The predicted molar refractivity (Wildman–Crippen MR) is 61.3 cm³/mol. The van der Waals surface area contributed by atoms with E-state index in [4.69, 9.17) is 0 Å². The van der Waals surface area contributed by atoms with Gasteiger partial charge in [0.25, 0.3) is 10.1 Å². The fourth-order valence-corrected chi connectivity index (χ4v) is 3.85. The molecule has 3 nitrogen and oxygen atoms in total. The van der Waals surface area contributed by atoms with Crippen molar-refractivity contribution in [2.75, 3.05) is 0 Å². The van der Waals surface area contributed by atoms with Crippen LogP contribution in [-0.2, 0) is 17.4 Å². The zero-order valence-corrected chi connectivity index (χ0v) is 10.6. The van der Waals surface area contributed by atoms with Crippen LogP contribution in [0.5, 0.6) is 0 Å². The monoisotopic (exact) mass is 342 g/mol. The summed E-state index contributed by atoms with van der Waals surface area (Å²) in [4.78, 5) is 0. The van der Waals surface area contributed by atoms with Crippen molar-refractivity contribution in [3.8, 4) is 0 Å². The maximum atomic E-state index is 13.5. The third-order valence-corrected chi connectivity index (χ3v) is 5.80. The lowest BCUT2D eigenvalue weighted by Gasteiger charge is -2.14. The van der Waals surface area contributed by atoms with Crippen LogP contribution in [0, 0.1) is 5.82 Å². The van der Waals surface area contributed by atoms with Crippen LogP contribution in [0.3, 0.4) is 0 Å². The molecule has 1 fully saturated rings. The molecule has 0 aliphatic heterocycles. The van der Waals surface area contributed by atoms with Crippen molar-refractivity contribution in [2.45, 2.75) is 17.6 Å². The van der Waals surface area contributed by atoms with E-state index in [-0.39, 0.29) is 5.56 Å². The zero-order valence-electron chi connectivity index (χ0n) is 7.61. The van der Waals surface area contributed by atoms with Crippen molar-refractivity contribution in [1.29, 1.82) is 0 Å². The Morgan fingerprint density at radius 3 is 2.40 bits per heavy atom. The molecule has 0 aromatic heterocycles. The van der Waals surface area contributed by atoms with E-state index in [0.717, 1.165) is 0 Å². The number of halogens is 2. The van der Waals surface area contributed by atoms with Crippen LogP contribution >= 0.6 is 23.0 Å². The normalized spacial score (nSPS) is 18.8. The quantitative estimate of drug-likeness (QED) is 0.793. The van der Waals surface area contributed by atoms with Crippen molar-refractivity contribution < 1.29 is 15.3 Å². The summed E-state index contributed by atoms with van der Waals surface area (Å²) in [6, 6.07) is 5.92. The Balaban J connectivity index is 2.53. The fourth-order valence-electron chi connectivity index (χ4n) is 1.66. The van der Waals surface area contributed by atoms with Gasteiger partial charge in [-0.2, -0.15) is 10.9 Å². The lowest BCUT2D eigenvalue weighted by atomic mass is 10.1. The van der Waals surface area contributed by atoms with Gasteiger partial charge in [0.15, 0.2) is 0 Å². The Morgan fingerprint density at radius 1 is 1.33 bits per heavy atom. The van der Waals surface area contributed by atoms with Crippen LogP contribution in [0.2, 0.25) is 0 Å². The van der Waals surface area contributed by atoms with Crippen LogP contribution in [0.1, 0.15) is 18.4 Å². The van der Waals surface area contributed by atoms with E-state index < -0.39 is 20.7 Å². The van der Waals surface area contributed by atoms with Gasteiger partial charge in [-0.05, 0) is 18.9 Å². The van der Waals surface area contributed by atoms with Gasteiger partial charge in [-0.15, -0.1) is 0 Å². The van der Waals surface area contributed by atoms with Crippen LogP contribution in [-0.4, -0.2) is 8.42 Å². The van der Waals surface area contributed by atoms with Crippen molar-refractivity contribution in [3.63, 3.8) is 0 Å². The molecule has 0 unspecified atom stereocenters. The first-order valence-electron chi connectivity index (χ1n) is 4.33. The first-order valence-corrected chi connectivity index (χ1v) is 6.62. The first-order chi connectivity index (χ1) is 7.03. The standard InChI is InChI=1S/C9H8FIO3S/c10-8-4-2-1-3-7(8)9(5-6-9)15(12,13)14-11/h1-4H,5-6H2. The average molecular weight is 342 g/mol. The van der Waals surface area contributed by atoms with Crippen LogP contribution in [0.15, 0.2) is 24.3 Å². The minimum atomic E-state index is -3.72. The molecule has 0 spiro atoms. The highest BCUT2D eigenvalue weighted by Gasteiger charge is 2.58. The zero-order chi connectivity index (χ0) is 11.1. The number of hydrogen-bond acceptors (Lipinski definition) is 3. The fraction of sp³-hybridized carbons (Fsp3) is 0.333. The summed E-state index contributed by atoms with van der Waals surface area (Å²) < 4.78 is 40.0. The summed E-state index contributed by atoms with van der Waals surface area (Å²) in [6.45, 7) is 0. The number of benzene rings is 1. The summed E-state index contributed by atoms with van der Waals surface area (Å²) >= 11 is 1.32. The Morgan fingerprint density at radius 2 is 1.93 bits per heavy atom. The largest absolute Gasteiger partial charge is 0.286 e. The third-order valence-electron chi connectivity index (χ3n) is 2.63. The summed E-state index contributed by atoms with van der Waals surface area (Å²) in [5, 5.41) is 0. The van der Waals surface area contributed by atoms with E-state index in [1.54, 1.807) is 6.07 Å². The molecule has 0 amide bonds.